The third-order valence-corrected chi connectivity index (χ3v) is 6.60. The molecule has 0 aliphatic carbocycles. The summed E-state index contributed by atoms with van der Waals surface area (Å²) in [6, 6.07) is 15.2. The normalized spacial score (nSPS) is 27.1. The Hall–Kier alpha value is -1.62. The number of likely N-dealkylation sites (tertiary alicyclic amines) is 1. The summed E-state index contributed by atoms with van der Waals surface area (Å²) in [6.07, 6.45) is 6.82. The van der Waals surface area contributed by atoms with Gasteiger partial charge in [-0.1, -0.05) is 29.8 Å². The van der Waals surface area contributed by atoms with Gasteiger partial charge >= 0.3 is 0 Å². The lowest BCUT2D eigenvalue weighted by Crippen LogP contribution is -2.56. The van der Waals surface area contributed by atoms with Gasteiger partial charge in [-0.15, -0.1) is 0 Å². The summed E-state index contributed by atoms with van der Waals surface area (Å²) in [4.78, 5) is 9.57. The monoisotopic (exact) mass is 399 g/mol. The number of benzene rings is 1. The largest absolute Gasteiger partial charge is 0.390 e. The molecule has 1 N–H and O–H groups in total. The van der Waals surface area contributed by atoms with Gasteiger partial charge in [-0.05, 0) is 68.9 Å². The number of hydrogen-bond donors (Lipinski definition) is 1. The standard InChI is InChI=1S/C23H30ClN3O/c1-23(28)11-15-27(21(17-23)16-18-5-7-19(24)8-6-18)20-9-13-26(14-10-20)22-4-2-3-12-25-22/h2-8,12,20-21,28H,9-11,13-17H2,1H3/t21-,23?/m0/s1. The highest BCUT2D eigenvalue weighted by atomic mass is 35.5. The summed E-state index contributed by atoms with van der Waals surface area (Å²) in [6.45, 7) is 5.05. The van der Waals surface area contributed by atoms with Crippen molar-refractivity contribution in [3.8, 4) is 0 Å². The molecule has 2 atom stereocenters. The Labute approximate surface area is 173 Å². The second kappa shape index (κ2) is 8.40. The van der Waals surface area contributed by atoms with Crippen LogP contribution in [0.2, 0.25) is 5.02 Å². The molecule has 0 bridgehead atoms. The Balaban J connectivity index is 1.43. The first-order chi connectivity index (χ1) is 13.5. The number of pyridine rings is 1. The molecular weight excluding hydrogens is 370 g/mol. The Morgan fingerprint density at radius 3 is 2.54 bits per heavy atom. The molecule has 1 aromatic carbocycles. The highest BCUT2D eigenvalue weighted by Crippen LogP contribution is 2.33. The number of aliphatic hydroxyl groups is 1. The van der Waals surface area contributed by atoms with E-state index in [1.807, 2.05) is 31.3 Å². The molecule has 0 amide bonds. The first kappa shape index (κ1) is 19.7. The number of hydrogen-bond acceptors (Lipinski definition) is 4. The number of anilines is 1. The average Bonchev–Trinajstić information content (AvgIpc) is 2.70. The van der Waals surface area contributed by atoms with E-state index < -0.39 is 5.60 Å². The smallest absolute Gasteiger partial charge is 0.128 e. The van der Waals surface area contributed by atoms with Crippen molar-refractivity contribution in [2.24, 2.45) is 0 Å². The van der Waals surface area contributed by atoms with Gasteiger partial charge < -0.3 is 10.0 Å². The van der Waals surface area contributed by atoms with Gasteiger partial charge in [-0.25, -0.2) is 4.98 Å². The SMILES string of the molecule is CC1(O)CCN(C2CCN(c3ccccn3)CC2)[C@@H](Cc2ccc(Cl)cc2)C1. The quantitative estimate of drug-likeness (QED) is 0.837. The molecule has 1 aromatic heterocycles. The van der Waals surface area contributed by atoms with Gasteiger partial charge in [0.1, 0.15) is 5.82 Å². The first-order valence-electron chi connectivity index (χ1n) is 10.4. The molecule has 2 aliphatic rings. The van der Waals surface area contributed by atoms with Crippen LogP contribution in [0.3, 0.4) is 0 Å². The van der Waals surface area contributed by atoms with Crippen LogP contribution < -0.4 is 4.90 Å². The van der Waals surface area contributed by atoms with Crippen molar-refractivity contribution in [1.29, 1.82) is 0 Å². The maximum Gasteiger partial charge on any atom is 0.128 e. The van der Waals surface area contributed by atoms with Crippen molar-refractivity contribution in [3.63, 3.8) is 0 Å². The van der Waals surface area contributed by atoms with Crippen molar-refractivity contribution in [3.05, 3.63) is 59.2 Å². The van der Waals surface area contributed by atoms with Crippen LogP contribution in [0, 0.1) is 0 Å². The fourth-order valence-corrected chi connectivity index (χ4v) is 4.94. The van der Waals surface area contributed by atoms with Gasteiger partial charge in [0.15, 0.2) is 0 Å². The van der Waals surface area contributed by atoms with E-state index in [9.17, 15) is 5.11 Å². The Morgan fingerprint density at radius 2 is 1.86 bits per heavy atom. The summed E-state index contributed by atoms with van der Waals surface area (Å²) in [5, 5.41) is 11.5. The molecule has 2 aliphatic heterocycles. The number of halogens is 1. The van der Waals surface area contributed by atoms with E-state index >= 15 is 0 Å². The van der Waals surface area contributed by atoms with Crippen LogP contribution >= 0.6 is 11.6 Å². The molecule has 5 heteroatoms. The van der Waals surface area contributed by atoms with Gasteiger partial charge in [0.2, 0.25) is 0 Å². The third kappa shape index (κ3) is 4.68. The van der Waals surface area contributed by atoms with Crippen molar-refractivity contribution >= 4 is 17.4 Å². The number of nitrogens with zero attached hydrogens (tertiary/aromatic N) is 3. The molecule has 2 saturated heterocycles. The van der Waals surface area contributed by atoms with Gasteiger partial charge in [-0.3, -0.25) is 4.90 Å². The molecule has 4 rings (SSSR count). The molecule has 150 valence electrons. The van der Waals surface area contributed by atoms with Crippen LogP contribution in [0.4, 0.5) is 5.82 Å². The summed E-state index contributed by atoms with van der Waals surface area (Å²) < 4.78 is 0. The van der Waals surface area contributed by atoms with E-state index in [0.717, 1.165) is 62.6 Å². The average molecular weight is 400 g/mol. The maximum atomic E-state index is 10.7. The lowest BCUT2D eigenvalue weighted by atomic mass is 9.83. The second-order valence-electron chi connectivity index (χ2n) is 8.58. The number of piperidine rings is 2. The molecule has 2 fully saturated rings. The summed E-state index contributed by atoms with van der Waals surface area (Å²) in [7, 11) is 0. The first-order valence-corrected chi connectivity index (χ1v) is 10.8. The van der Waals surface area contributed by atoms with Crippen LogP contribution in [0.5, 0.6) is 0 Å². The van der Waals surface area contributed by atoms with Crippen LogP contribution in [0.1, 0.15) is 38.2 Å². The van der Waals surface area contributed by atoms with E-state index in [-0.39, 0.29) is 0 Å². The van der Waals surface area contributed by atoms with Crippen molar-refractivity contribution in [2.75, 3.05) is 24.5 Å². The zero-order chi connectivity index (χ0) is 19.6. The highest BCUT2D eigenvalue weighted by Gasteiger charge is 2.38. The molecule has 0 spiro atoms. The Morgan fingerprint density at radius 1 is 1.11 bits per heavy atom. The van der Waals surface area contributed by atoms with E-state index in [1.54, 1.807) is 0 Å². The molecule has 2 aromatic rings. The highest BCUT2D eigenvalue weighted by molar-refractivity contribution is 6.30. The van der Waals surface area contributed by atoms with Crippen molar-refractivity contribution < 1.29 is 5.11 Å². The summed E-state index contributed by atoms with van der Waals surface area (Å²) in [5.41, 5.74) is 0.727. The van der Waals surface area contributed by atoms with Crippen molar-refractivity contribution in [1.82, 2.24) is 9.88 Å². The minimum atomic E-state index is -0.567. The minimum Gasteiger partial charge on any atom is -0.390 e. The van der Waals surface area contributed by atoms with Gasteiger partial charge in [0, 0.05) is 42.9 Å². The molecule has 0 radical (unpaired) electrons. The fourth-order valence-electron chi connectivity index (χ4n) is 4.81. The summed E-state index contributed by atoms with van der Waals surface area (Å²) in [5.74, 6) is 1.08. The van der Waals surface area contributed by atoms with Crippen molar-refractivity contribution in [2.45, 2.75) is 56.7 Å². The second-order valence-corrected chi connectivity index (χ2v) is 9.02. The minimum absolute atomic E-state index is 0.372. The Bertz CT molecular complexity index is 757. The predicted octanol–water partition coefficient (Wildman–Crippen LogP) is 4.16. The Kier molecular flexibility index (Phi) is 5.91. The molecule has 1 unspecified atom stereocenters. The molecule has 4 nitrogen and oxygen atoms in total. The predicted molar refractivity (Wildman–Crippen MR) is 115 cm³/mol. The zero-order valence-corrected chi connectivity index (χ0v) is 17.4. The van der Waals surface area contributed by atoms with Gasteiger partial charge in [-0.2, -0.15) is 0 Å². The molecule has 0 saturated carbocycles. The fraction of sp³-hybridized carbons (Fsp3) is 0.522. The zero-order valence-electron chi connectivity index (χ0n) is 16.6. The van der Waals surface area contributed by atoms with E-state index in [4.69, 9.17) is 11.6 Å². The molecule has 3 heterocycles. The number of aromatic nitrogens is 1. The van der Waals surface area contributed by atoms with Gasteiger partial charge in [0.25, 0.3) is 0 Å². The molecule has 28 heavy (non-hydrogen) atoms. The third-order valence-electron chi connectivity index (χ3n) is 6.34. The maximum absolute atomic E-state index is 10.7. The van der Waals surface area contributed by atoms with Crippen LogP contribution in [0.15, 0.2) is 48.7 Å². The van der Waals surface area contributed by atoms with E-state index in [1.165, 1.54) is 5.56 Å². The lowest BCUT2D eigenvalue weighted by Gasteiger charge is -2.48. The van der Waals surface area contributed by atoms with E-state index in [0.29, 0.717) is 12.1 Å². The van der Waals surface area contributed by atoms with Gasteiger partial charge in [0.05, 0.1) is 5.60 Å². The lowest BCUT2D eigenvalue weighted by molar-refractivity contribution is -0.0500. The number of rotatable bonds is 4. The molecular formula is C23H30ClN3O. The van der Waals surface area contributed by atoms with Crippen LogP contribution in [-0.4, -0.2) is 52.3 Å². The van der Waals surface area contributed by atoms with Crippen LogP contribution in [0.25, 0.3) is 0 Å². The topological polar surface area (TPSA) is 39.6 Å². The summed E-state index contributed by atoms with van der Waals surface area (Å²) >= 11 is 6.05. The van der Waals surface area contributed by atoms with Crippen LogP contribution in [-0.2, 0) is 6.42 Å². The van der Waals surface area contributed by atoms with E-state index in [2.05, 4.69) is 39.0 Å².